The second kappa shape index (κ2) is 4.38. The van der Waals surface area contributed by atoms with Crippen molar-refractivity contribution in [1.82, 2.24) is 4.90 Å². The molecule has 0 aromatic rings. The van der Waals surface area contributed by atoms with Gasteiger partial charge in [0, 0.05) is 12.6 Å². The number of aliphatic hydroxyl groups is 1. The Morgan fingerprint density at radius 3 is 2.69 bits per heavy atom. The van der Waals surface area contributed by atoms with E-state index in [1.54, 1.807) is 0 Å². The lowest BCUT2D eigenvalue weighted by Crippen LogP contribution is -2.45. The minimum Gasteiger partial charge on any atom is -0.386 e. The van der Waals surface area contributed by atoms with E-state index < -0.39 is 12.3 Å². The van der Waals surface area contributed by atoms with E-state index in [4.69, 9.17) is 0 Å². The molecular weight excluding hydrogens is 169 g/mol. The van der Waals surface area contributed by atoms with Gasteiger partial charge in [-0.2, -0.15) is 0 Å². The Balaban J connectivity index is 2.59. The lowest BCUT2D eigenvalue weighted by atomic mass is 9.99. The third-order valence-corrected chi connectivity index (χ3v) is 2.81. The number of hydrogen-bond acceptors (Lipinski definition) is 2. The van der Waals surface area contributed by atoms with Crippen LogP contribution in [0.4, 0.5) is 4.39 Å². The van der Waals surface area contributed by atoms with Crippen LogP contribution in [0.15, 0.2) is 0 Å². The molecule has 3 heteroatoms. The topological polar surface area (TPSA) is 23.5 Å². The molecule has 1 fully saturated rings. The number of halogens is 1. The number of β-amino-alcohol motifs (C(OH)–C–C–N with tert-alkyl or cyclic N) is 1. The third-order valence-electron chi connectivity index (χ3n) is 2.81. The van der Waals surface area contributed by atoms with Crippen molar-refractivity contribution in [3.8, 4) is 0 Å². The van der Waals surface area contributed by atoms with Crippen LogP contribution in [-0.4, -0.2) is 41.4 Å². The Kier molecular flexibility index (Phi) is 3.68. The fraction of sp³-hybridized carbons (Fsp3) is 1.00. The second-order valence-corrected chi connectivity index (χ2v) is 4.38. The molecule has 1 atom stereocenters. The predicted octanol–water partition coefficient (Wildman–Crippen LogP) is 1.58. The quantitative estimate of drug-likeness (QED) is 0.713. The highest BCUT2D eigenvalue weighted by molar-refractivity contribution is 4.85. The van der Waals surface area contributed by atoms with Crippen molar-refractivity contribution < 1.29 is 9.50 Å². The standard InChI is InChI=1S/C10H20FNO/c1-9(2)12-6-4-3-5-10(13,7-11)8-12/h9,13H,3-8H2,1-2H3. The van der Waals surface area contributed by atoms with Crippen LogP contribution in [0.2, 0.25) is 0 Å². The highest BCUT2D eigenvalue weighted by Crippen LogP contribution is 2.22. The molecule has 1 aliphatic rings. The lowest BCUT2D eigenvalue weighted by molar-refractivity contribution is -0.0196. The van der Waals surface area contributed by atoms with Crippen LogP contribution in [0.25, 0.3) is 0 Å². The van der Waals surface area contributed by atoms with E-state index in [1.165, 1.54) is 0 Å². The fourth-order valence-electron chi connectivity index (χ4n) is 1.85. The first-order valence-electron chi connectivity index (χ1n) is 5.10. The van der Waals surface area contributed by atoms with Gasteiger partial charge in [0.25, 0.3) is 0 Å². The summed E-state index contributed by atoms with van der Waals surface area (Å²) in [6.07, 6.45) is 2.61. The molecule has 1 unspecified atom stereocenters. The minimum atomic E-state index is -1.08. The summed E-state index contributed by atoms with van der Waals surface area (Å²) < 4.78 is 12.6. The minimum absolute atomic E-state index is 0.399. The average molecular weight is 189 g/mol. The van der Waals surface area contributed by atoms with Gasteiger partial charge in [-0.1, -0.05) is 0 Å². The Bertz CT molecular complexity index is 163. The number of nitrogens with zero attached hydrogens (tertiary/aromatic N) is 1. The first kappa shape index (κ1) is 10.9. The van der Waals surface area contributed by atoms with E-state index in [0.29, 0.717) is 19.0 Å². The molecule has 1 saturated heterocycles. The zero-order chi connectivity index (χ0) is 9.90. The summed E-state index contributed by atoms with van der Waals surface area (Å²) in [4.78, 5) is 2.16. The molecule has 1 aliphatic heterocycles. The van der Waals surface area contributed by atoms with Crippen molar-refractivity contribution in [1.29, 1.82) is 0 Å². The molecule has 1 rings (SSSR count). The van der Waals surface area contributed by atoms with Gasteiger partial charge in [-0.25, -0.2) is 4.39 Å². The summed E-state index contributed by atoms with van der Waals surface area (Å²) in [5, 5.41) is 9.86. The van der Waals surface area contributed by atoms with Crippen LogP contribution in [0.3, 0.4) is 0 Å². The molecule has 0 aromatic heterocycles. The highest BCUT2D eigenvalue weighted by Gasteiger charge is 2.32. The van der Waals surface area contributed by atoms with E-state index in [0.717, 1.165) is 19.4 Å². The van der Waals surface area contributed by atoms with Crippen molar-refractivity contribution in [3.05, 3.63) is 0 Å². The first-order valence-corrected chi connectivity index (χ1v) is 5.10. The SMILES string of the molecule is CC(C)N1CCCCC(O)(CF)C1. The number of hydrogen-bond donors (Lipinski definition) is 1. The summed E-state index contributed by atoms with van der Waals surface area (Å²) in [5.41, 5.74) is -1.08. The van der Waals surface area contributed by atoms with Gasteiger partial charge in [-0.15, -0.1) is 0 Å². The summed E-state index contributed by atoms with van der Waals surface area (Å²) in [6, 6.07) is 0.399. The molecule has 0 radical (unpaired) electrons. The van der Waals surface area contributed by atoms with Crippen LogP contribution >= 0.6 is 0 Å². The molecule has 0 saturated carbocycles. The maximum absolute atomic E-state index is 12.6. The van der Waals surface area contributed by atoms with Gasteiger partial charge in [-0.05, 0) is 39.7 Å². The molecule has 1 heterocycles. The third kappa shape index (κ3) is 2.92. The van der Waals surface area contributed by atoms with Crippen LogP contribution in [-0.2, 0) is 0 Å². The second-order valence-electron chi connectivity index (χ2n) is 4.38. The first-order chi connectivity index (χ1) is 6.07. The maximum Gasteiger partial charge on any atom is 0.119 e. The summed E-state index contributed by atoms with van der Waals surface area (Å²) >= 11 is 0. The Morgan fingerprint density at radius 1 is 1.46 bits per heavy atom. The van der Waals surface area contributed by atoms with Gasteiger partial charge in [0.2, 0.25) is 0 Å². The number of rotatable bonds is 2. The Hall–Kier alpha value is -0.150. The van der Waals surface area contributed by atoms with Crippen molar-refractivity contribution >= 4 is 0 Å². The molecule has 0 bridgehead atoms. The molecule has 78 valence electrons. The van der Waals surface area contributed by atoms with Gasteiger partial charge < -0.3 is 5.11 Å². The number of alkyl halides is 1. The Labute approximate surface area is 79.7 Å². The molecule has 1 N–H and O–H groups in total. The van der Waals surface area contributed by atoms with Crippen molar-refractivity contribution in [2.75, 3.05) is 19.8 Å². The Morgan fingerprint density at radius 2 is 2.15 bits per heavy atom. The fourth-order valence-corrected chi connectivity index (χ4v) is 1.85. The van der Waals surface area contributed by atoms with Crippen molar-refractivity contribution in [2.24, 2.45) is 0 Å². The molecule has 0 aromatic carbocycles. The molecule has 0 amide bonds. The molecular formula is C10H20FNO. The zero-order valence-corrected chi connectivity index (χ0v) is 8.59. The monoisotopic (exact) mass is 189 g/mol. The van der Waals surface area contributed by atoms with Crippen LogP contribution in [0.5, 0.6) is 0 Å². The summed E-state index contributed by atoms with van der Waals surface area (Å²) in [5.74, 6) is 0. The van der Waals surface area contributed by atoms with Gasteiger partial charge in [0.15, 0.2) is 0 Å². The largest absolute Gasteiger partial charge is 0.386 e. The van der Waals surface area contributed by atoms with Crippen LogP contribution < -0.4 is 0 Å². The molecule has 0 spiro atoms. The molecule has 0 aliphatic carbocycles. The smallest absolute Gasteiger partial charge is 0.119 e. The van der Waals surface area contributed by atoms with E-state index in [1.807, 2.05) is 0 Å². The highest BCUT2D eigenvalue weighted by atomic mass is 19.1. The van der Waals surface area contributed by atoms with E-state index in [9.17, 15) is 9.50 Å². The van der Waals surface area contributed by atoms with Gasteiger partial charge in [0.05, 0.1) is 0 Å². The normalized spacial score (nSPS) is 32.1. The average Bonchev–Trinajstić information content (AvgIpc) is 2.28. The maximum atomic E-state index is 12.6. The molecule has 13 heavy (non-hydrogen) atoms. The summed E-state index contributed by atoms with van der Waals surface area (Å²) in [6.45, 7) is 5.03. The predicted molar refractivity (Wildman–Crippen MR) is 51.5 cm³/mol. The van der Waals surface area contributed by atoms with Gasteiger partial charge in [0.1, 0.15) is 12.3 Å². The van der Waals surface area contributed by atoms with Gasteiger partial charge >= 0.3 is 0 Å². The van der Waals surface area contributed by atoms with E-state index >= 15 is 0 Å². The van der Waals surface area contributed by atoms with Crippen molar-refractivity contribution in [3.63, 3.8) is 0 Å². The number of likely N-dealkylation sites (tertiary alicyclic amines) is 1. The summed E-state index contributed by atoms with van der Waals surface area (Å²) in [7, 11) is 0. The van der Waals surface area contributed by atoms with E-state index in [2.05, 4.69) is 18.7 Å². The molecule has 2 nitrogen and oxygen atoms in total. The van der Waals surface area contributed by atoms with Crippen molar-refractivity contribution in [2.45, 2.75) is 44.8 Å². The van der Waals surface area contributed by atoms with E-state index in [-0.39, 0.29) is 0 Å². The lowest BCUT2D eigenvalue weighted by Gasteiger charge is -2.31. The van der Waals surface area contributed by atoms with Crippen LogP contribution in [0, 0.1) is 0 Å². The zero-order valence-electron chi connectivity index (χ0n) is 8.59. The van der Waals surface area contributed by atoms with Gasteiger partial charge in [-0.3, -0.25) is 4.90 Å². The van der Waals surface area contributed by atoms with Crippen LogP contribution in [0.1, 0.15) is 33.1 Å².